The predicted octanol–water partition coefficient (Wildman–Crippen LogP) is 0.957. The fraction of sp³-hybridized carbons (Fsp3) is 0.417. The molecule has 1 heterocycles. The third-order valence-corrected chi connectivity index (χ3v) is 4.70. The SMILES string of the molecule is Nc1c([N+](=O)[O-])ccc(F)c1C(=O)NC1CCS(=O)CC1. The van der Waals surface area contributed by atoms with E-state index in [4.69, 9.17) is 5.73 Å². The van der Waals surface area contributed by atoms with E-state index < -0.39 is 44.4 Å². The number of halogens is 1. The van der Waals surface area contributed by atoms with E-state index in [0.717, 1.165) is 12.1 Å². The molecule has 114 valence electrons. The lowest BCUT2D eigenvalue weighted by molar-refractivity contribution is -0.384. The molecule has 0 saturated carbocycles. The summed E-state index contributed by atoms with van der Waals surface area (Å²) in [6, 6.07) is 1.54. The molecule has 7 nitrogen and oxygen atoms in total. The Labute approximate surface area is 122 Å². The molecule has 0 aromatic heterocycles. The van der Waals surface area contributed by atoms with Crippen molar-refractivity contribution in [3.05, 3.63) is 33.6 Å². The van der Waals surface area contributed by atoms with Gasteiger partial charge in [-0.1, -0.05) is 0 Å². The molecule has 1 amide bonds. The van der Waals surface area contributed by atoms with Crippen molar-refractivity contribution in [2.45, 2.75) is 18.9 Å². The van der Waals surface area contributed by atoms with Crippen LogP contribution in [0.1, 0.15) is 23.2 Å². The van der Waals surface area contributed by atoms with Gasteiger partial charge in [0.15, 0.2) is 0 Å². The van der Waals surface area contributed by atoms with Crippen LogP contribution < -0.4 is 11.1 Å². The number of benzene rings is 1. The number of amides is 1. The fourth-order valence-electron chi connectivity index (χ4n) is 2.17. The Kier molecular flexibility index (Phi) is 4.51. The summed E-state index contributed by atoms with van der Waals surface area (Å²) >= 11 is 0. The molecule has 9 heteroatoms. The molecule has 0 atom stereocenters. The Morgan fingerprint density at radius 3 is 2.62 bits per heavy atom. The Morgan fingerprint density at radius 1 is 1.43 bits per heavy atom. The van der Waals surface area contributed by atoms with Crippen molar-refractivity contribution in [1.29, 1.82) is 0 Å². The molecular formula is C12H14FN3O4S. The van der Waals surface area contributed by atoms with Crippen LogP contribution in [-0.4, -0.2) is 32.6 Å². The lowest BCUT2D eigenvalue weighted by Gasteiger charge is -2.22. The molecule has 1 aromatic rings. The number of hydrogen-bond donors (Lipinski definition) is 2. The average Bonchev–Trinajstić information content (AvgIpc) is 2.41. The molecule has 1 aromatic carbocycles. The first-order valence-electron chi connectivity index (χ1n) is 6.28. The Bertz CT molecular complexity index is 613. The number of hydrogen-bond acceptors (Lipinski definition) is 5. The second-order valence-corrected chi connectivity index (χ2v) is 6.40. The van der Waals surface area contributed by atoms with Gasteiger partial charge < -0.3 is 11.1 Å². The summed E-state index contributed by atoms with van der Waals surface area (Å²) in [5.74, 6) is -0.753. The first kappa shape index (κ1) is 15.4. The Morgan fingerprint density at radius 2 is 2.05 bits per heavy atom. The highest BCUT2D eigenvalue weighted by molar-refractivity contribution is 7.85. The van der Waals surface area contributed by atoms with Gasteiger partial charge in [-0.15, -0.1) is 0 Å². The molecule has 0 radical (unpaired) electrons. The zero-order chi connectivity index (χ0) is 15.6. The summed E-state index contributed by atoms with van der Waals surface area (Å²) in [6.07, 6.45) is 1.05. The Balaban J connectivity index is 2.21. The van der Waals surface area contributed by atoms with Gasteiger partial charge in [-0.3, -0.25) is 19.1 Å². The van der Waals surface area contributed by atoms with E-state index >= 15 is 0 Å². The van der Waals surface area contributed by atoms with Gasteiger partial charge in [0.2, 0.25) is 0 Å². The maximum Gasteiger partial charge on any atom is 0.293 e. The van der Waals surface area contributed by atoms with Gasteiger partial charge >= 0.3 is 0 Å². The third-order valence-electron chi connectivity index (χ3n) is 3.32. The lowest BCUT2D eigenvalue weighted by atomic mass is 10.1. The zero-order valence-electron chi connectivity index (χ0n) is 11.0. The minimum absolute atomic E-state index is 0.228. The highest BCUT2D eigenvalue weighted by Gasteiger charge is 2.26. The minimum atomic E-state index is -0.907. The molecule has 1 aliphatic rings. The van der Waals surface area contributed by atoms with Crippen LogP contribution in [0.15, 0.2) is 12.1 Å². The van der Waals surface area contributed by atoms with Crippen molar-refractivity contribution >= 4 is 28.1 Å². The van der Waals surface area contributed by atoms with Crippen molar-refractivity contribution < 1.29 is 18.3 Å². The smallest absolute Gasteiger partial charge is 0.293 e. The van der Waals surface area contributed by atoms with E-state index in [9.17, 15) is 23.5 Å². The van der Waals surface area contributed by atoms with E-state index in [1.54, 1.807) is 0 Å². The number of nitrogens with one attached hydrogen (secondary N) is 1. The van der Waals surface area contributed by atoms with E-state index in [0.29, 0.717) is 24.3 Å². The van der Waals surface area contributed by atoms with Crippen LogP contribution in [0.25, 0.3) is 0 Å². The van der Waals surface area contributed by atoms with E-state index in [1.165, 1.54) is 0 Å². The minimum Gasteiger partial charge on any atom is -0.392 e. The van der Waals surface area contributed by atoms with Crippen molar-refractivity contribution in [1.82, 2.24) is 5.32 Å². The molecule has 2 rings (SSSR count). The number of nitrogen functional groups attached to an aromatic ring is 1. The number of nitrogens with zero attached hydrogens (tertiary/aromatic N) is 1. The van der Waals surface area contributed by atoms with Crippen LogP contribution in [0.3, 0.4) is 0 Å². The average molecular weight is 315 g/mol. The van der Waals surface area contributed by atoms with Crippen molar-refractivity contribution in [3.8, 4) is 0 Å². The van der Waals surface area contributed by atoms with Gasteiger partial charge in [0.1, 0.15) is 17.1 Å². The van der Waals surface area contributed by atoms with Gasteiger partial charge in [0, 0.05) is 34.4 Å². The molecular weight excluding hydrogens is 301 g/mol. The number of carbonyl (C=O) groups excluding carboxylic acids is 1. The molecule has 1 aliphatic heterocycles. The second kappa shape index (κ2) is 6.17. The van der Waals surface area contributed by atoms with Gasteiger partial charge in [-0.2, -0.15) is 0 Å². The lowest BCUT2D eigenvalue weighted by Crippen LogP contribution is -2.40. The van der Waals surface area contributed by atoms with Gasteiger partial charge in [0.25, 0.3) is 11.6 Å². The van der Waals surface area contributed by atoms with Crippen LogP contribution in [0.5, 0.6) is 0 Å². The van der Waals surface area contributed by atoms with E-state index in [1.807, 2.05) is 0 Å². The van der Waals surface area contributed by atoms with Crippen LogP contribution in [-0.2, 0) is 10.8 Å². The molecule has 0 bridgehead atoms. The number of rotatable bonds is 3. The second-order valence-electron chi connectivity index (χ2n) is 4.71. The van der Waals surface area contributed by atoms with Crippen molar-refractivity contribution in [2.75, 3.05) is 17.2 Å². The molecule has 0 spiro atoms. The molecule has 21 heavy (non-hydrogen) atoms. The highest BCUT2D eigenvalue weighted by atomic mass is 32.2. The molecule has 1 fully saturated rings. The zero-order valence-corrected chi connectivity index (χ0v) is 11.8. The summed E-state index contributed by atoms with van der Waals surface area (Å²) in [7, 11) is -0.878. The monoisotopic (exact) mass is 315 g/mol. The number of nitro groups is 1. The summed E-state index contributed by atoms with van der Waals surface area (Å²) in [4.78, 5) is 22.1. The van der Waals surface area contributed by atoms with Crippen LogP contribution >= 0.6 is 0 Å². The summed E-state index contributed by atoms with van der Waals surface area (Å²) in [6.45, 7) is 0. The van der Waals surface area contributed by atoms with E-state index in [2.05, 4.69) is 5.32 Å². The number of nitrogens with two attached hydrogens (primary N) is 1. The predicted molar refractivity (Wildman–Crippen MR) is 75.8 cm³/mol. The topological polar surface area (TPSA) is 115 Å². The molecule has 3 N–H and O–H groups in total. The molecule has 0 aliphatic carbocycles. The van der Waals surface area contributed by atoms with Crippen LogP contribution in [0.2, 0.25) is 0 Å². The van der Waals surface area contributed by atoms with Gasteiger partial charge in [-0.05, 0) is 18.9 Å². The largest absolute Gasteiger partial charge is 0.392 e. The van der Waals surface area contributed by atoms with Crippen molar-refractivity contribution in [2.24, 2.45) is 0 Å². The van der Waals surface area contributed by atoms with Crippen molar-refractivity contribution in [3.63, 3.8) is 0 Å². The third kappa shape index (κ3) is 3.35. The number of carbonyl (C=O) groups is 1. The maximum atomic E-state index is 13.7. The number of nitro benzene ring substituents is 1. The summed E-state index contributed by atoms with van der Waals surface area (Å²) < 4.78 is 25.0. The molecule has 1 saturated heterocycles. The standard InChI is InChI=1S/C12H14FN3O4S/c13-8-1-2-9(16(18)19)11(14)10(8)12(17)15-7-3-5-21(20)6-4-7/h1-2,7H,3-6,14H2,(H,15,17). The quantitative estimate of drug-likeness (QED) is 0.489. The first-order chi connectivity index (χ1) is 9.90. The van der Waals surface area contributed by atoms with Crippen LogP contribution in [0, 0.1) is 15.9 Å². The Hall–Kier alpha value is -2.03. The molecule has 0 unspecified atom stereocenters. The highest BCUT2D eigenvalue weighted by Crippen LogP contribution is 2.27. The number of anilines is 1. The van der Waals surface area contributed by atoms with E-state index in [-0.39, 0.29) is 6.04 Å². The first-order valence-corrected chi connectivity index (χ1v) is 7.77. The summed E-state index contributed by atoms with van der Waals surface area (Å²) in [5, 5.41) is 13.4. The normalized spacial score (nSPS) is 21.8. The van der Waals surface area contributed by atoms with Gasteiger partial charge in [0.05, 0.1) is 4.92 Å². The van der Waals surface area contributed by atoms with Gasteiger partial charge in [-0.25, -0.2) is 4.39 Å². The van der Waals surface area contributed by atoms with Crippen LogP contribution in [0.4, 0.5) is 15.8 Å². The summed E-state index contributed by atoms with van der Waals surface area (Å²) in [5.41, 5.74) is 4.01. The maximum absolute atomic E-state index is 13.7. The fourth-order valence-corrected chi connectivity index (χ4v) is 3.47.